The maximum Gasteiger partial charge on any atom is 0.290 e. The lowest BCUT2D eigenvalue weighted by Crippen LogP contribution is -2.31. The Morgan fingerprint density at radius 3 is 2.78 bits per heavy atom. The minimum absolute atomic E-state index is 0.275. The second kappa shape index (κ2) is 11.0. The molecule has 1 saturated carbocycles. The van der Waals surface area contributed by atoms with Crippen molar-refractivity contribution in [2.24, 2.45) is 5.92 Å². The minimum Gasteiger partial charge on any atom is -0.464 e. The van der Waals surface area contributed by atoms with Crippen molar-refractivity contribution >= 4 is 34.9 Å². The smallest absolute Gasteiger partial charge is 0.290 e. The average molecular weight is 508 g/mol. The van der Waals surface area contributed by atoms with Gasteiger partial charge in [-0.2, -0.15) is 0 Å². The van der Waals surface area contributed by atoms with Crippen molar-refractivity contribution in [3.63, 3.8) is 0 Å². The largest absolute Gasteiger partial charge is 0.464 e. The Bertz CT molecular complexity index is 1270. The molecular formula is C26H26FN5O3S. The molecule has 3 aromatic rings. The summed E-state index contributed by atoms with van der Waals surface area (Å²) in [6.45, 7) is 1.53. The van der Waals surface area contributed by atoms with E-state index in [1.54, 1.807) is 36.7 Å². The van der Waals surface area contributed by atoms with Crippen molar-refractivity contribution in [3.05, 3.63) is 70.8 Å². The van der Waals surface area contributed by atoms with Gasteiger partial charge in [0.2, 0.25) is 5.95 Å². The van der Waals surface area contributed by atoms with Gasteiger partial charge in [-0.25, -0.2) is 14.4 Å². The molecule has 1 aliphatic carbocycles. The summed E-state index contributed by atoms with van der Waals surface area (Å²) < 4.78 is 19.3. The third-order valence-electron chi connectivity index (χ3n) is 6.39. The van der Waals surface area contributed by atoms with Gasteiger partial charge in [-0.3, -0.25) is 14.9 Å². The van der Waals surface area contributed by atoms with Crippen LogP contribution in [0.1, 0.15) is 36.9 Å². The lowest BCUT2D eigenvalue weighted by molar-refractivity contribution is -0.115. The molecule has 0 bridgehead atoms. The fourth-order valence-corrected chi connectivity index (χ4v) is 5.21. The van der Waals surface area contributed by atoms with E-state index in [2.05, 4.69) is 25.9 Å². The van der Waals surface area contributed by atoms with E-state index in [1.165, 1.54) is 12.1 Å². The van der Waals surface area contributed by atoms with Crippen molar-refractivity contribution in [2.45, 2.75) is 38.3 Å². The number of amides is 2. The normalized spacial score (nSPS) is 21.1. The SMILES string of the molecule is O=C1NC(=O)/C(=C\c2ccnc(NC3CCC(CNCc4ccc(F)cc4-c4ccco4)CC3)n2)S1. The number of thioether (sulfide) groups is 1. The van der Waals surface area contributed by atoms with Gasteiger partial charge in [0.1, 0.15) is 11.6 Å². The Morgan fingerprint density at radius 1 is 1.17 bits per heavy atom. The second-order valence-electron chi connectivity index (χ2n) is 8.93. The number of rotatable bonds is 8. The first kappa shape index (κ1) is 24.2. The van der Waals surface area contributed by atoms with Crippen molar-refractivity contribution in [3.8, 4) is 11.3 Å². The van der Waals surface area contributed by atoms with Crippen molar-refractivity contribution < 1.29 is 18.4 Å². The Morgan fingerprint density at radius 2 is 2.03 bits per heavy atom. The Labute approximate surface area is 212 Å². The highest BCUT2D eigenvalue weighted by atomic mass is 32.2. The zero-order valence-electron chi connectivity index (χ0n) is 19.5. The number of halogens is 1. The zero-order chi connectivity index (χ0) is 24.9. The third-order valence-corrected chi connectivity index (χ3v) is 7.20. The third kappa shape index (κ3) is 6.00. The summed E-state index contributed by atoms with van der Waals surface area (Å²) in [6, 6.07) is 10.4. The average Bonchev–Trinajstić information content (AvgIpc) is 3.51. The van der Waals surface area contributed by atoms with E-state index < -0.39 is 5.91 Å². The molecule has 0 spiro atoms. The fourth-order valence-electron chi connectivity index (χ4n) is 4.55. The molecule has 2 amide bonds. The van der Waals surface area contributed by atoms with E-state index in [4.69, 9.17) is 4.42 Å². The molecule has 1 aromatic carbocycles. The number of hydrogen-bond acceptors (Lipinski definition) is 8. The standard InChI is InChI=1S/C26H26FN5O3S/c27-18-6-5-17(21(12-18)22-2-1-11-35-22)15-28-14-16-3-7-19(8-4-16)30-25-29-10-9-20(31-25)13-23-24(33)32-26(34)36-23/h1-2,5-6,9-13,16,19,28H,3-4,7-8,14-15H2,(H,29,30,31)(H,32,33,34)/b23-13+. The summed E-state index contributed by atoms with van der Waals surface area (Å²) in [7, 11) is 0. The number of nitrogens with zero attached hydrogens (tertiary/aromatic N) is 2. The number of furan rings is 1. The van der Waals surface area contributed by atoms with Crippen LogP contribution in [-0.4, -0.2) is 33.7 Å². The predicted molar refractivity (Wildman–Crippen MR) is 136 cm³/mol. The molecule has 8 nitrogen and oxygen atoms in total. The highest BCUT2D eigenvalue weighted by Crippen LogP contribution is 2.28. The van der Waals surface area contributed by atoms with E-state index in [0.29, 0.717) is 34.8 Å². The Kier molecular flexibility index (Phi) is 7.43. The van der Waals surface area contributed by atoms with Crippen LogP contribution in [0, 0.1) is 11.7 Å². The van der Waals surface area contributed by atoms with Crippen LogP contribution in [0.3, 0.4) is 0 Å². The molecular weight excluding hydrogens is 481 g/mol. The summed E-state index contributed by atoms with van der Waals surface area (Å²) in [4.78, 5) is 32.2. The van der Waals surface area contributed by atoms with E-state index in [1.807, 2.05) is 6.07 Å². The molecule has 2 aliphatic rings. The van der Waals surface area contributed by atoms with Gasteiger partial charge in [0.05, 0.1) is 16.9 Å². The molecule has 36 heavy (non-hydrogen) atoms. The van der Waals surface area contributed by atoms with Crippen LogP contribution in [0.5, 0.6) is 0 Å². The highest BCUT2D eigenvalue weighted by molar-refractivity contribution is 8.18. The van der Waals surface area contributed by atoms with Crippen LogP contribution in [0.4, 0.5) is 15.1 Å². The maximum atomic E-state index is 13.8. The number of nitrogens with one attached hydrogen (secondary N) is 3. The van der Waals surface area contributed by atoms with Gasteiger partial charge in [0.25, 0.3) is 11.1 Å². The van der Waals surface area contributed by atoms with E-state index in [9.17, 15) is 14.0 Å². The van der Waals surface area contributed by atoms with E-state index >= 15 is 0 Å². The number of benzene rings is 1. The van der Waals surface area contributed by atoms with Gasteiger partial charge >= 0.3 is 0 Å². The lowest BCUT2D eigenvalue weighted by atomic mass is 9.86. The number of imide groups is 1. The van der Waals surface area contributed by atoms with Crippen LogP contribution in [0.15, 0.2) is 58.2 Å². The van der Waals surface area contributed by atoms with Crippen molar-refractivity contribution in [1.29, 1.82) is 0 Å². The molecule has 10 heteroatoms. The Hall–Kier alpha value is -3.50. The first-order valence-corrected chi connectivity index (χ1v) is 12.7. The molecule has 1 aliphatic heterocycles. The lowest BCUT2D eigenvalue weighted by Gasteiger charge is -2.29. The summed E-state index contributed by atoms with van der Waals surface area (Å²) in [5.41, 5.74) is 2.36. The number of anilines is 1. The maximum absolute atomic E-state index is 13.8. The van der Waals surface area contributed by atoms with Gasteiger partial charge < -0.3 is 15.1 Å². The number of carbonyl (C=O) groups is 2. The van der Waals surface area contributed by atoms with Gasteiger partial charge in [0, 0.05) is 24.3 Å². The van der Waals surface area contributed by atoms with Crippen LogP contribution in [-0.2, 0) is 11.3 Å². The van der Waals surface area contributed by atoms with Crippen molar-refractivity contribution in [1.82, 2.24) is 20.6 Å². The topological polar surface area (TPSA) is 109 Å². The molecule has 0 atom stereocenters. The van der Waals surface area contributed by atoms with Crippen molar-refractivity contribution in [2.75, 3.05) is 11.9 Å². The Balaban J connectivity index is 1.10. The molecule has 3 N–H and O–H groups in total. The molecule has 2 fully saturated rings. The second-order valence-corrected chi connectivity index (χ2v) is 9.94. The van der Waals surface area contributed by atoms with Gasteiger partial charge in [-0.05, 0) is 91.9 Å². The van der Waals surface area contributed by atoms with Crippen LogP contribution in [0.2, 0.25) is 0 Å². The molecule has 1 saturated heterocycles. The molecule has 0 radical (unpaired) electrons. The predicted octanol–water partition coefficient (Wildman–Crippen LogP) is 4.96. The van der Waals surface area contributed by atoms with Crippen LogP contribution in [0.25, 0.3) is 17.4 Å². The molecule has 2 aromatic heterocycles. The summed E-state index contributed by atoms with van der Waals surface area (Å²) >= 11 is 0.869. The first-order valence-electron chi connectivity index (χ1n) is 11.9. The first-order chi connectivity index (χ1) is 17.5. The molecule has 5 rings (SSSR count). The van der Waals surface area contributed by atoms with Gasteiger partial charge in [-0.1, -0.05) is 6.07 Å². The monoisotopic (exact) mass is 507 g/mol. The summed E-state index contributed by atoms with van der Waals surface area (Å²) in [5, 5.41) is 8.80. The summed E-state index contributed by atoms with van der Waals surface area (Å²) in [5.74, 6) is 1.06. The zero-order valence-corrected chi connectivity index (χ0v) is 20.3. The summed E-state index contributed by atoms with van der Waals surface area (Å²) in [6.07, 6.45) is 8.98. The van der Waals surface area contributed by atoms with Crippen LogP contribution < -0.4 is 16.0 Å². The highest BCUT2D eigenvalue weighted by Gasteiger charge is 2.25. The molecule has 0 unspecified atom stereocenters. The fraction of sp³-hybridized carbons (Fsp3) is 0.308. The molecule has 186 valence electrons. The van der Waals surface area contributed by atoms with Crippen LogP contribution >= 0.6 is 11.8 Å². The minimum atomic E-state index is -0.401. The quantitative estimate of drug-likeness (QED) is 0.367. The van der Waals surface area contributed by atoms with E-state index in [0.717, 1.165) is 55.1 Å². The van der Waals surface area contributed by atoms with Gasteiger partial charge in [-0.15, -0.1) is 0 Å². The molecule has 3 heterocycles. The van der Waals surface area contributed by atoms with Gasteiger partial charge in [0.15, 0.2) is 0 Å². The number of hydrogen-bond donors (Lipinski definition) is 3. The number of aromatic nitrogens is 2. The van der Waals surface area contributed by atoms with E-state index in [-0.39, 0.29) is 17.1 Å². The number of carbonyl (C=O) groups excluding carboxylic acids is 2.